The van der Waals surface area contributed by atoms with Gasteiger partial charge in [0.2, 0.25) is 0 Å². The summed E-state index contributed by atoms with van der Waals surface area (Å²) in [5.74, 6) is 0.0289. The molecule has 4 rings (SSSR count). The smallest absolute Gasteiger partial charge is 0.281 e. The molecule has 28 heavy (non-hydrogen) atoms. The third kappa shape index (κ3) is 3.50. The van der Waals surface area contributed by atoms with E-state index in [0.717, 1.165) is 19.6 Å². The maximum Gasteiger partial charge on any atom is 0.281 e. The lowest BCUT2D eigenvalue weighted by molar-refractivity contribution is 0.230. The molecule has 1 saturated heterocycles. The molecule has 0 spiro atoms. The number of nitrogens with zero attached hydrogens (tertiary/aromatic N) is 4. The molecule has 3 aromatic rings. The molecule has 0 amide bonds. The Morgan fingerprint density at radius 3 is 2.46 bits per heavy atom. The van der Waals surface area contributed by atoms with E-state index < -0.39 is 5.82 Å². The van der Waals surface area contributed by atoms with Crippen molar-refractivity contribution in [3.05, 3.63) is 75.0 Å². The Morgan fingerprint density at radius 1 is 1.07 bits per heavy atom. The van der Waals surface area contributed by atoms with Crippen LogP contribution in [0.25, 0.3) is 10.9 Å². The van der Waals surface area contributed by atoms with E-state index in [2.05, 4.69) is 22.0 Å². The largest absolute Gasteiger partial charge is 0.306 e. The highest BCUT2D eigenvalue weighted by Crippen LogP contribution is 2.22. The van der Waals surface area contributed by atoms with Crippen molar-refractivity contribution in [2.45, 2.75) is 19.9 Å². The van der Waals surface area contributed by atoms with Gasteiger partial charge in [-0.25, -0.2) is 14.1 Å². The molecule has 146 valence electrons. The van der Waals surface area contributed by atoms with Gasteiger partial charge in [0, 0.05) is 39.1 Å². The Balaban J connectivity index is 1.62. The summed E-state index contributed by atoms with van der Waals surface area (Å²) in [5, 5.41) is 2.37. The lowest BCUT2D eigenvalue weighted by Crippen LogP contribution is -2.54. The summed E-state index contributed by atoms with van der Waals surface area (Å²) in [4.78, 5) is 20.0. The van der Waals surface area contributed by atoms with Crippen molar-refractivity contribution >= 4 is 22.5 Å². The van der Waals surface area contributed by atoms with Crippen molar-refractivity contribution in [2.75, 3.05) is 31.2 Å². The van der Waals surface area contributed by atoms with Gasteiger partial charge in [0.25, 0.3) is 5.56 Å². The molecule has 5 nitrogen and oxygen atoms in total. The normalized spacial score (nSPS) is 15.3. The number of rotatable bonds is 4. The molecule has 0 unspecified atom stereocenters. The zero-order valence-corrected chi connectivity index (χ0v) is 16.5. The minimum atomic E-state index is -0.522. The molecule has 0 N–H and O–H groups in total. The molecule has 1 aliphatic rings. The first-order valence-electron chi connectivity index (χ1n) is 9.49. The molecule has 1 aromatic heterocycles. The Bertz CT molecular complexity index is 1050. The molecule has 1 aliphatic heterocycles. The van der Waals surface area contributed by atoms with Crippen molar-refractivity contribution in [1.29, 1.82) is 0 Å². The van der Waals surface area contributed by atoms with Gasteiger partial charge in [0.05, 0.1) is 10.4 Å². The number of hydrogen-bond donors (Lipinski definition) is 0. The quantitative estimate of drug-likeness (QED) is 0.674. The second-order valence-electron chi connectivity index (χ2n) is 6.97. The van der Waals surface area contributed by atoms with Crippen LogP contribution in [0.1, 0.15) is 18.3 Å². The van der Waals surface area contributed by atoms with Gasteiger partial charge < -0.3 is 5.01 Å². The average molecular weight is 401 g/mol. The highest BCUT2D eigenvalue weighted by Gasteiger charge is 2.23. The third-order valence-electron chi connectivity index (χ3n) is 5.17. The number of aromatic nitrogens is 2. The van der Waals surface area contributed by atoms with Crippen LogP contribution in [0.15, 0.2) is 47.3 Å². The molecule has 2 aromatic carbocycles. The lowest BCUT2D eigenvalue weighted by Gasteiger charge is -2.37. The van der Waals surface area contributed by atoms with Crippen molar-refractivity contribution in [1.82, 2.24) is 14.6 Å². The van der Waals surface area contributed by atoms with E-state index in [4.69, 9.17) is 11.6 Å². The standard InChI is InChI=1S/C21H22ClFN4O/c1-2-18-24-20-17(23)9-8-16(22)19(20)21(28)27(18)26-12-10-25(11-13-26)14-15-6-4-3-5-7-15/h3-9H,2,10-14H2,1H3. The molecular formula is C21H22ClFN4O. The van der Waals surface area contributed by atoms with Gasteiger partial charge in [-0.3, -0.25) is 9.69 Å². The van der Waals surface area contributed by atoms with E-state index in [0.29, 0.717) is 25.3 Å². The van der Waals surface area contributed by atoms with Crippen molar-refractivity contribution in [3.63, 3.8) is 0 Å². The number of fused-ring (bicyclic) bond motifs is 1. The Hall–Kier alpha value is -2.44. The van der Waals surface area contributed by atoms with Crippen LogP contribution in [-0.4, -0.2) is 40.7 Å². The summed E-state index contributed by atoms with van der Waals surface area (Å²) in [5.41, 5.74) is 1.02. The van der Waals surface area contributed by atoms with Gasteiger partial charge in [-0.15, -0.1) is 0 Å². The monoisotopic (exact) mass is 400 g/mol. The Labute approximate surface area is 167 Å². The summed E-state index contributed by atoms with van der Waals surface area (Å²) in [6.07, 6.45) is 0.529. The van der Waals surface area contributed by atoms with Gasteiger partial charge in [0.1, 0.15) is 17.2 Å². The first kappa shape index (κ1) is 18.9. The van der Waals surface area contributed by atoms with Crippen molar-refractivity contribution in [3.8, 4) is 0 Å². The lowest BCUT2D eigenvalue weighted by atomic mass is 10.2. The van der Waals surface area contributed by atoms with E-state index in [1.165, 1.54) is 17.7 Å². The van der Waals surface area contributed by atoms with Gasteiger partial charge in [-0.05, 0) is 17.7 Å². The molecule has 0 aliphatic carbocycles. The van der Waals surface area contributed by atoms with Crippen LogP contribution in [0.5, 0.6) is 0 Å². The van der Waals surface area contributed by atoms with E-state index in [9.17, 15) is 9.18 Å². The Morgan fingerprint density at radius 2 is 1.79 bits per heavy atom. The number of piperazine rings is 1. The predicted octanol–water partition coefficient (Wildman–Crippen LogP) is 3.21. The van der Waals surface area contributed by atoms with Crippen LogP contribution in [0.3, 0.4) is 0 Å². The molecule has 0 bridgehead atoms. The molecule has 0 saturated carbocycles. The van der Waals surface area contributed by atoms with Gasteiger partial charge in [-0.2, -0.15) is 0 Å². The van der Waals surface area contributed by atoms with Gasteiger partial charge in [0.15, 0.2) is 0 Å². The van der Waals surface area contributed by atoms with Crippen molar-refractivity contribution < 1.29 is 4.39 Å². The summed E-state index contributed by atoms with van der Waals surface area (Å²) in [6, 6.07) is 13.0. The fourth-order valence-corrected chi connectivity index (χ4v) is 3.94. The first-order chi connectivity index (χ1) is 13.6. The molecule has 2 heterocycles. The predicted molar refractivity (Wildman–Crippen MR) is 110 cm³/mol. The summed E-state index contributed by atoms with van der Waals surface area (Å²) in [6.45, 7) is 5.86. The van der Waals surface area contributed by atoms with E-state index >= 15 is 0 Å². The summed E-state index contributed by atoms with van der Waals surface area (Å²) in [7, 11) is 0. The summed E-state index contributed by atoms with van der Waals surface area (Å²) >= 11 is 6.21. The third-order valence-corrected chi connectivity index (χ3v) is 5.48. The van der Waals surface area contributed by atoms with Gasteiger partial charge in [-0.1, -0.05) is 48.9 Å². The molecule has 1 fully saturated rings. The number of hydrogen-bond acceptors (Lipinski definition) is 4. The SMILES string of the molecule is CCc1nc2c(F)ccc(Cl)c2c(=O)n1N1CCN(Cc2ccccc2)CC1. The van der Waals surface area contributed by atoms with E-state index in [1.54, 1.807) is 4.68 Å². The topological polar surface area (TPSA) is 41.4 Å². The maximum atomic E-state index is 14.2. The molecular weight excluding hydrogens is 379 g/mol. The van der Waals surface area contributed by atoms with Gasteiger partial charge >= 0.3 is 0 Å². The minimum Gasteiger partial charge on any atom is -0.306 e. The highest BCUT2D eigenvalue weighted by molar-refractivity contribution is 6.35. The van der Waals surface area contributed by atoms with Crippen LogP contribution < -0.4 is 10.6 Å². The summed E-state index contributed by atoms with van der Waals surface area (Å²) < 4.78 is 15.8. The molecule has 7 heteroatoms. The molecule has 0 atom stereocenters. The first-order valence-corrected chi connectivity index (χ1v) is 9.87. The zero-order chi connectivity index (χ0) is 19.7. The van der Waals surface area contributed by atoms with Crippen LogP contribution in [0.4, 0.5) is 4.39 Å². The highest BCUT2D eigenvalue weighted by atomic mass is 35.5. The second-order valence-corrected chi connectivity index (χ2v) is 7.37. The van der Waals surface area contributed by atoms with Crippen LogP contribution in [-0.2, 0) is 13.0 Å². The minimum absolute atomic E-state index is 0.0494. The van der Waals surface area contributed by atoms with E-state index in [-0.39, 0.29) is 21.5 Å². The van der Waals surface area contributed by atoms with E-state index in [1.807, 2.05) is 30.1 Å². The average Bonchev–Trinajstić information content (AvgIpc) is 2.72. The zero-order valence-electron chi connectivity index (χ0n) is 15.7. The molecule has 0 radical (unpaired) electrons. The number of benzene rings is 2. The Kier molecular flexibility index (Phi) is 5.33. The fourth-order valence-electron chi connectivity index (χ4n) is 3.71. The second kappa shape index (κ2) is 7.89. The van der Waals surface area contributed by atoms with Crippen LogP contribution >= 0.6 is 11.6 Å². The number of halogens is 2. The number of aryl methyl sites for hydroxylation is 1. The van der Waals surface area contributed by atoms with Crippen LogP contribution in [0, 0.1) is 5.82 Å². The van der Waals surface area contributed by atoms with Crippen molar-refractivity contribution in [2.24, 2.45) is 0 Å². The fraction of sp³-hybridized carbons (Fsp3) is 0.333. The van der Waals surface area contributed by atoms with Crippen LogP contribution in [0.2, 0.25) is 5.02 Å². The maximum absolute atomic E-state index is 14.2.